The van der Waals surface area contributed by atoms with Gasteiger partial charge in [0.25, 0.3) is 0 Å². The maximum atomic E-state index is 5.90. The van der Waals surface area contributed by atoms with Crippen molar-refractivity contribution in [3.63, 3.8) is 0 Å². The van der Waals surface area contributed by atoms with Crippen LogP contribution in [0.1, 0.15) is 66.2 Å². The third-order valence-corrected chi connectivity index (χ3v) is 2.91. The Balaban J connectivity index is 2.23. The lowest BCUT2D eigenvalue weighted by atomic mass is 9.99. The van der Waals surface area contributed by atoms with Gasteiger partial charge in [0.2, 0.25) is 0 Å². The van der Waals surface area contributed by atoms with Crippen LogP contribution in [0.15, 0.2) is 0 Å². The van der Waals surface area contributed by atoms with Crippen LogP contribution in [0.3, 0.4) is 0 Å². The van der Waals surface area contributed by atoms with E-state index in [4.69, 9.17) is 9.47 Å². The first-order valence-corrected chi connectivity index (χ1v) is 6.37. The molecule has 0 N–H and O–H groups in total. The normalized spacial score (nSPS) is 30.4. The van der Waals surface area contributed by atoms with Crippen molar-refractivity contribution in [2.75, 3.05) is 0 Å². The van der Waals surface area contributed by atoms with Crippen molar-refractivity contribution in [1.82, 2.24) is 0 Å². The van der Waals surface area contributed by atoms with Gasteiger partial charge in [0.1, 0.15) is 0 Å². The summed E-state index contributed by atoms with van der Waals surface area (Å²) in [6.45, 7) is 8.69. The Hall–Kier alpha value is -0.0800. The summed E-state index contributed by atoms with van der Waals surface area (Å²) >= 11 is 0. The second-order valence-electron chi connectivity index (χ2n) is 5.31. The number of rotatable bonds is 5. The molecule has 0 aromatic rings. The summed E-state index contributed by atoms with van der Waals surface area (Å²) in [6.07, 6.45) is 7.55. The molecule has 1 saturated heterocycles. The van der Waals surface area contributed by atoms with Crippen molar-refractivity contribution in [2.24, 2.45) is 0 Å². The summed E-state index contributed by atoms with van der Waals surface area (Å²) in [5.41, 5.74) is -0.00686. The van der Waals surface area contributed by atoms with Crippen LogP contribution in [-0.2, 0) is 9.47 Å². The third-order valence-electron chi connectivity index (χ3n) is 2.91. The van der Waals surface area contributed by atoms with E-state index in [1.165, 1.54) is 25.7 Å². The second kappa shape index (κ2) is 5.86. The highest BCUT2D eigenvalue weighted by Crippen LogP contribution is 2.29. The molecule has 1 rings (SSSR count). The molecular formula is C13H26O2. The number of hydrogen-bond donors (Lipinski definition) is 0. The molecule has 0 aromatic carbocycles. The van der Waals surface area contributed by atoms with Gasteiger partial charge in [0, 0.05) is 6.42 Å². The van der Waals surface area contributed by atoms with E-state index in [1.54, 1.807) is 0 Å². The summed E-state index contributed by atoms with van der Waals surface area (Å²) in [5.74, 6) is 0. The van der Waals surface area contributed by atoms with Crippen molar-refractivity contribution in [1.29, 1.82) is 0 Å². The fourth-order valence-electron chi connectivity index (χ4n) is 2.30. The predicted molar refractivity (Wildman–Crippen MR) is 62.9 cm³/mol. The molecule has 0 aromatic heterocycles. The van der Waals surface area contributed by atoms with Gasteiger partial charge in [-0.1, -0.05) is 26.2 Å². The van der Waals surface area contributed by atoms with Gasteiger partial charge < -0.3 is 9.47 Å². The Labute approximate surface area is 94.3 Å². The van der Waals surface area contributed by atoms with E-state index in [0.29, 0.717) is 6.10 Å². The van der Waals surface area contributed by atoms with Gasteiger partial charge in [-0.05, 0) is 33.6 Å². The molecule has 0 saturated carbocycles. The number of ether oxygens (including phenoxy) is 2. The smallest absolute Gasteiger partial charge is 0.158 e. The minimum absolute atomic E-state index is 0.00686. The quantitative estimate of drug-likeness (QED) is 0.646. The van der Waals surface area contributed by atoms with E-state index in [0.717, 1.165) is 12.8 Å². The van der Waals surface area contributed by atoms with E-state index >= 15 is 0 Å². The third kappa shape index (κ3) is 4.98. The van der Waals surface area contributed by atoms with Gasteiger partial charge in [-0.3, -0.25) is 0 Å². The molecule has 0 amide bonds. The highest BCUT2D eigenvalue weighted by Gasteiger charge is 2.32. The number of hydrogen-bond acceptors (Lipinski definition) is 2. The van der Waals surface area contributed by atoms with Gasteiger partial charge in [-0.25, -0.2) is 0 Å². The van der Waals surface area contributed by atoms with E-state index in [1.807, 2.05) is 0 Å². The lowest BCUT2D eigenvalue weighted by Crippen LogP contribution is -2.42. The molecule has 0 aliphatic carbocycles. The minimum Gasteiger partial charge on any atom is -0.350 e. The second-order valence-corrected chi connectivity index (χ2v) is 5.31. The molecule has 1 fully saturated rings. The zero-order valence-corrected chi connectivity index (χ0v) is 10.7. The number of unbranched alkanes of at least 4 members (excludes halogenated alkanes) is 3. The van der Waals surface area contributed by atoms with Crippen molar-refractivity contribution < 1.29 is 9.47 Å². The highest BCUT2D eigenvalue weighted by atomic mass is 16.7. The maximum Gasteiger partial charge on any atom is 0.158 e. The van der Waals surface area contributed by atoms with Crippen LogP contribution in [0.4, 0.5) is 0 Å². The van der Waals surface area contributed by atoms with Crippen LogP contribution in [0.2, 0.25) is 0 Å². The van der Waals surface area contributed by atoms with Crippen molar-refractivity contribution >= 4 is 0 Å². The van der Waals surface area contributed by atoms with E-state index < -0.39 is 0 Å². The lowest BCUT2D eigenvalue weighted by molar-refractivity contribution is -0.270. The van der Waals surface area contributed by atoms with Crippen molar-refractivity contribution in [3.8, 4) is 0 Å². The Morgan fingerprint density at radius 2 is 1.93 bits per heavy atom. The van der Waals surface area contributed by atoms with Gasteiger partial charge in [0.05, 0.1) is 11.7 Å². The average Bonchev–Trinajstić information content (AvgIpc) is 2.09. The van der Waals surface area contributed by atoms with Crippen LogP contribution >= 0.6 is 0 Å². The molecule has 15 heavy (non-hydrogen) atoms. The molecule has 2 nitrogen and oxygen atoms in total. The average molecular weight is 214 g/mol. The van der Waals surface area contributed by atoms with Gasteiger partial charge >= 0.3 is 0 Å². The summed E-state index contributed by atoms with van der Waals surface area (Å²) < 4.78 is 11.7. The van der Waals surface area contributed by atoms with Crippen LogP contribution in [0, 0.1) is 0 Å². The largest absolute Gasteiger partial charge is 0.350 e. The summed E-state index contributed by atoms with van der Waals surface area (Å²) in [4.78, 5) is 0. The van der Waals surface area contributed by atoms with Crippen LogP contribution in [0.25, 0.3) is 0 Å². The molecule has 0 spiro atoms. The zero-order chi connectivity index (χ0) is 11.3. The molecule has 0 radical (unpaired) electrons. The first kappa shape index (κ1) is 13.0. The van der Waals surface area contributed by atoms with Gasteiger partial charge in [-0.15, -0.1) is 0 Å². The Kier molecular flexibility index (Phi) is 5.07. The molecule has 2 atom stereocenters. The molecule has 1 aliphatic heterocycles. The SMILES string of the molecule is CCCCCC[C@H]1O[C@@H](C)CC(C)(C)O1. The zero-order valence-electron chi connectivity index (χ0n) is 10.7. The van der Waals surface area contributed by atoms with E-state index in [9.17, 15) is 0 Å². The minimum atomic E-state index is -0.00686. The van der Waals surface area contributed by atoms with E-state index in [2.05, 4.69) is 27.7 Å². The molecule has 1 aliphatic rings. The van der Waals surface area contributed by atoms with E-state index in [-0.39, 0.29) is 11.9 Å². The fourth-order valence-corrected chi connectivity index (χ4v) is 2.30. The first-order valence-electron chi connectivity index (χ1n) is 6.37. The maximum absolute atomic E-state index is 5.90. The molecule has 2 heteroatoms. The summed E-state index contributed by atoms with van der Waals surface area (Å²) in [6, 6.07) is 0. The van der Waals surface area contributed by atoms with Crippen LogP contribution in [-0.4, -0.2) is 18.0 Å². The summed E-state index contributed by atoms with van der Waals surface area (Å²) in [5, 5.41) is 0. The fraction of sp³-hybridized carbons (Fsp3) is 1.00. The Morgan fingerprint density at radius 3 is 2.53 bits per heavy atom. The van der Waals surface area contributed by atoms with Crippen molar-refractivity contribution in [3.05, 3.63) is 0 Å². The standard InChI is InChI=1S/C13H26O2/c1-5-6-7-8-9-12-14-11(2)10-13(3,4)15-12/h11-12H,5-10H2,1-4H3/t11-,12-/m0/s1. The molecule has 0 unspecified atom stereocenters. The predicted octanol–water partition coefficient (Wildman–Crippen LogP) is 3.89. The molecule has 1 heterocycles. The van der Waals surface area contributed by atoms with Crippen LogP contribution in [0.5, 0.6) is 0 Å². The van der Waals surface area contributed by atoms with Crippen molar-refractivity contribution in [2.45, 2.75) is 84.2 Å². The lowest BCUT2D eigenvalue weighted by Gasteiger charge is -2.39. The van der Waals surface area contributed by atoms with Gasteiger partial charge in [-0.2, -0.15) is 0 Å². The topological polar surface area (TPSA) is 18.5 Å². The van der Waals surface area contributed by atoms with Gasteiger partial charge in [0.15, 0.2) is 6.29 Å². The monoisotopic (exact) mass is 214 g/mol. The molecule has 90 valence electrons. The summed E-state index contributed by atoms with van der Waals surface area (Å²) in [7, 11) is 0. The highest BCUT2D eigenvalue weighted by molar-refractivity contribution is 4.77. The van der Waals surface area contributed by atoms with Crippen LogP contribution < -0.4 is 0 Å². The Morgan fingerprint density at radius 1 is 1.20 bits per heavy atom. The first-order chi connectivity index (χ1) is 7.03. The molecule has 0 bridgehead atoms. The molecular weight excluding hydrogens is 188 g/mol. The Bertz CT molecular complexity index is 177.